The molecule has 0 spiro atoms. The Kier molecular flexibility index (Phi) is 3.38. The van der Waals surface area contributed by atoms with E-state index in [1.54, 1.807) is 6.07 Å². The molecule has 0 radical (unpaired) electrons. The molecule has 3 rings (SSSR count). The van der Waals surface area contributed by atoms with Gasteiger partial charge in [-0.3, -0.25) is 0 Å². The fourth-order valence-corrected chi connectivity index (χ4v) is 2.58. The summed E-state index contributed by atoms with van der Waals surface area (Å²) in [7, 11) is 0. The molecule has 1 N–H and O–H groups in total. The van der Waals surface area contributed by atoms with E-state index in [9.17, 15) is 8.78 Å². The van der Waals surface area contributed by atoms with Gasteiger partial charge in [0.25, 0.3) is 0 Å². The van der Waals surface area contributed by atoms with Gasteiger partial charge in [0.15, 0.2) is 0 Å². The van der Waals surface area contributed by atoms with Gasteiger partial charge >= 0.3 is 0 Å². The van der Waals surface area contributed by atoms with Crippen LogP contribution in [0.15, 0.2) is 34.8 Å². The maximum Gasteiger partial charge on any atom is 0.144 e. The minimum atomic E-state index is -0.543. The molecule has 0 fully saturated rings. The van der Waals surface area contributed by atoms with Crippen LogP contribution in [0.4, 0.5) is 14.5 Å². The SMILES string of the molecule is Cc1cc(F)c(C2CNc3cc(Br)ccc3O2)cc1F. The van der Waals surface area contributed by atoms with Gasteiger partial charge in [0.1, 0.15) is 23.5 Å². The summed E-state index contributed by atoms with van der Waals surface area (Å²) in [5, 5.41) is 3.17. The fraction of sp³-hybridized carbons (Fsp3) is 0.200. The van der Waals surface area contributed by atoms with Gasteiger partial charge in [-0.05, 0) is 42.8 Å². The molecule has 1 aliphatic heterocycles. The van der Waals surface area contributed by atoms with Gasteiger partial charge in [0, 0.05) is 10.0 Å². The third-order valence-electron chi connectivity index (χ3n) is 3.31. The summed E-state index contributed by atoms with van der Waals surface area (Å²) in [5.74, 6) is -0.243. The van der Waals surface area contributed by atoms with Gasteiger partial charge in [-0.1, -0.05) is 15.9 Å². The van der Waals surface area contributed by atoms with Crippen LogP contribution in [0.25, 0.3) is 0 Å². The van der Waals surface area contributed by atoms with Crippen molar-refractivity contribution >= 4 is 21.6 Å². The molecule has 5 heteroatoms. The molecule has 0 aliphatic carbocycles. The normalized spacial score (nSPS) is 17.1. The first-order valence-corrected chi connectivity index (χ1v) is 6.99. The van der Waals surface area contributed by atoms with E-state index in [0.29, 0.717) is 17.9 Å². The zero-order valence-corrected chi connectivity index (χ0v) is 12.3. The summed E-state index contributed by atoms with van der Waals surface area (Å²) in [4.78, 5) is 0. The van der Waals surface area contributed by atoms with Crippen molar-refractivity contribution in [3.63, 3.8) is 0 Å². The minimum Gasteiger partial charge on any atom is -0.482 e. The summed E-state index contributed by atoms with van der Waals surface area (Å²) in [6.07, 6.45) is -0.543. The molecule has 20 heavy (non-hydrogen) atoms. The van der Waals surface area contributed by atoms with Crippen LogP contribution in [-0.4, -0.2) is 6.54 Å². The smallest absolute Gasteiger partial charge is 0.144 e. The summed E-state index contributed by atoms with van der Waals surface area (Å²) in [6, 6.07) is 7.93. The van der Waals surface area contributed by atoms with E-state index in [-0.39, 0.29) is 5.56 Å². The lowest BCUT2D eigenvalue weighted by molar-refractivity contribution is 0.204. The molecule has 2 nitrogen and oxygen atoms in total. The van der Waals surface area contributed by atoms with Gasteiger partial charge in [0.05, 0.1) is 12.2 Å². The zero-order valence-electron chi connectivity index (χ0n) is 10.7. The van der Waals surface area contributed by atoms with E-state index < -0.39 is 17.7 Å². The number of ether oxygens (including phenoxy) is 1. The van der Waals surface area contributed by atoms with E-state index in [0.717, 1.165) is 10.2 Å². The summed E-state index contributed by atoms with van der Waals surface area (Å²) in [5.41, 5.74) is 1.36. The number of aryl methyl sites for hydroxylation is 1. The number of anilines is 1. The Hall–Kier alpha value is -1.62. The molecule has 104 valence electrons. The number of benzene rings is 2. The molecule has 1 heterocycles. The van der Waals surface area contributed by atoms with Gasteiger partial charge < -0.3 is 10.1 Å². The van der Waals surface area contributed by atoms with Crippen molar-refractivity contribution in [1.29, 1.82) is 0 Å². The summed E-state index contributed by atoms with van der Waals surface area (Å²) in [6.45, 7) is 1.93. The highest BCUT2D eigenvalue weighted by molar-refractivity contribution is 9.10. The monoisotopic (exact) mass is 339 g/mol. The predicted octanol–water partition coefficient (Wildman–Crippen LogP) is 4.58. The number of hydrogen-bond donors (Lipinski definition) is 1. The molecule has 1 unspecified atom stereocenters. The molecule has 0 saturated heterocycles. The van der Waals surface area contributed by atoms with Crippen LogP contribution in [0.1, 0.15) is 17.2 Å². The second-order valence-corrected chi connectivity index (χ2v) is 5.67. The molecule has 0 aromatic heterocycles. The Bertz CT molecular complexity index is 675. The summed E-state index contributed by atoms with van der Waals surface area (Å²) >= 11 is 3.37. The molecule has 1 atom stereocenters. The van der Waals surface area contributed by atoms with Crippen molar-refractivity contribution in [2.45, 2.75) is 13.0 Å². The lowest BCUT2D eigenvalue weighted by atomic mass is 10.0. The van der Waals surface area contributed by atoms with Crippen LogP contribution in [0.2, 0.25) is 0 Å². The van der Waals surface area contributed by atoms with E-state index in [1.807, 2.05) is 12.1 Å². The van der Waals surface area contributed by atoms with Gasteiger partial charge in [-0.15, -0.1) is 0 Å². The highest BCUT2D eigenvalue weighted by Gasteiger charge is 2.24. The maximum atomic E-state index is 14.0. The van der Waals surface area contributed by atoms with Gasteiger partial charge in [0.2, 0.25) is 0 Å². The topological polar surface area (TPSA) is 21.3 Å². The van der Waals surface area contributed by atoms with E-state index in [1.165, 1.54) is 19.1 Å². The molecule has 0 bridgehead atoms. The van der Waals surface area contributed by atoms with Crippen LogP contribution < -0.4 is 10.1 Å². The number of nitrogens with one attached hydrogen (secondary N) is 1. The average Bonchev–Trinajstić information content (AvgIpc) is 2.42. The van der Waals surface area contributed by atoms with Crippen molar-refractivity contribution < 1.29 is 13.5 Å². The largest absolute Gasteiger partial charge is 0.482 e. The van der Waals surface area contributed by atoms with Gasteiger partial charge in [-0.2, -0.15) is 0 Å². The van der Waals surface area contributed by atoms with Crippen molar-refractivity contribution in [3.05, 3.63) is 57.6 Å². The highest BCUT2D eigenvalue weighted by atomic mass is 79.9. The van der Waals surface area contributed by atoms with Crippen molar-refractivity contribution in [1.82, 2.24) is 0 Å². The van der Waals surface area contributed by atoms with Crippen molar-refractivity contribution in [3.8, 4) is 5.75 Å². The van der Waals surface area contributed by atoms with E-state index >= 15 is 0 Å². The third-order valence-corrected chi connectivity index (χ3v) is 3.81. The van der Waals surface area contributed by atoms with E-state index in [2.05, 4.69) is 21.2 Å². The summed E-state index contributed by atoms with van der Waals surface area (Å²) < 4.78 is 34.3. The van der Waals surface area contributed by atoms with Crippen LogP contribution in [0, 0.1) is 18.6 Å². The van der Waals surface area contributed by atoms with Crippen LogP contribution in [0.3, 0.4) is 0 Å². The molecule has 0 saturated carbocycles. The second kappa shape index (κ2) is 5.05. The number of rotatable bonds is 1. The average molecular weight is 340 g/mol. The fourth-order valence-electron chi connectivity index (χ4n) is 2.22. The Balaban J connectivity index is 1.94. The lowest BCUT2D eigenvalue weighted by Crippen LogP contribution is -2.24. The zero-order chi connectivity index (χ0) is 14.3. The standard InChI is InChI=1S/C15H12BrF2NO/c1-8-4-12(18)10(6-11(8)17)15-7-19-13-5-9(16)2-3-14(13)20-15/h2-6,15,19H,7H2,1H3. The molecule has 0 amide bonds. The minimum absolute atomic E-state index is 0.231. The maximum absolute atomic E-state index is 14.0. The highest BCUT2D eigenvalue weighted by Crippen LogP contribution is 2.36. The Labute approximate surface area is 123 Å². The van der Waals surface area contributed by atoms with Crippen molar-refractivity contribution in [2.75, 3.05) is 11.9 Å². The Morgan fingerprint density at radius 2 is 2.00 bits per heavy atom. The number of hydrogen-bond acceptors (Lipinski definition) is 2. The van der Waals surface area contributed by atoms with Crippen molar-refractivity contribution in [2.24, 2.45) is 0 Å². The van der Waals surface area contributed by atoms with Gasteiger partial charge in [-0.25, -0.2) is 8.78 Å². The molecule has 2 aromatic rings. The Morgan fingerprint density at radius 3 is 2.80 bits per heavy atom. The first kappa shape index (κ1) is 13.4. The lowest BCUT2D eigenvalue weighted by Gasteiger charge is -2.28. The quantitative estimate of drug-likeness (QED) is 0.820. The molecule has 2 aromatic carbocycles. The van der Waals surface area contributed by atoms with Crippen LogP contribution >= 0.6 is 15.9 Å². The predicted molar refractivity (Wildman–Crippen MR) is 77.1 cm³/mol. The third kappa shape index (κ3) is 2.38. The molecule has 1 aliphatic rings. The number of halogens is 3. The molecular weight excluding hydrogens is 328 g/mol. The van der Waals surface area contributed by atoms with Crippen LogP contribution in [0.5, 0.6) is 5.75 Å². The molecular formula is C15H12BrF2NO. The first-order valence-electron chi connectivity index (χ1n) is 6.20. The van der Waals surface area contributed by atoms with Crippen LogP contribution in [-0.2, 0) is 0 Å². The second-order valence-electron chi connectivity index (χ2n) is 4.75. The number of fused-ring (bicyclic) bond motifs is 1. The van der Waals surface area contributed by atoms with E-state index in [4.69, 9.17) is 4.74 Å². The Morgan fingerprint density at radius 1 is 1.20 bits per heavy atom. The first-order chi connectivity index (χ1) is 9.54.